The summed E-state index contributed by atoms with van der Waals surface area (Å²) in [7, 11) is 0. The summed E-state index contributed by atoms with van der Waals surface area (Å²) in [5.74, 6) is 1.31. The zero-order valence-corrected chi connectivity index (χ0v) is 17.6. The largest absolute Gasteiger partial charge is 0.489 e. The lowest BCUT2D eigenvalue weighted by Gasteiger charge is -2.34. The quantitative estimate of drug-likeness (QED) is 0.822. The highest BCUT2D eigenvalue weighted by Gasteiger charge is 2.29. The summed E-state index contributed by atoms with van der Waals surface area (Å²) < 4.78 is 6.02. The van der Waals surface area contributed by atoms with E-state index in [1.165, 1.54) is 5.56 Å². The lowest BCUT2D eigenvalue weighted by atomic mass is 9.89. The van der Waals surface area contributed by atoms with Gasteiger partial charge in [-0.2, -0.15) is 0 Å². The first kappa shape index (κ1) is 20.8. The first-order valence-electron chi connectivity index (χ1n) is 10.9. The maximum absolute atomic E-state index is 12.8. The van der Waals surface area contributed by atoms with Gasteiger partial charge in [-0.1, -0.05) is 24.3 Å². The number of aliphatic hydroxyl groups is 1. The number of para-hydroxylation sites is 1. The van der Waals surface area contributed by atoms with E-state index in [2.05, 4.69) is 22.9 Å². The number of aromatic nitrogens is 1. The highest BCUT2D eigenvalue weighted by molar-refractivity contribution is 5.76. The Kier molecular flexibility index (Phi) is 6.65. The number of carbonyl (C=O) groups excluding carboxylic acids is 1. The normalized spacial score (nSPS) is 21.4. The van der Waals surface area contributed by atoms with Crippen LogP contribution >= 0.6 is 0 Å². The van der Waals surface area contributed by atoms with Crippen LogP contribution in [0.4, 0.5) is 0 Å². The molecule has 3 heterocycles. The molecule has 1 aromatic carbocycles. The Morgan fingerprint density at radius 1 is 1.20 bits per heavy atom. The number of aliphatic hydroxyl groups excluding tert-OH is 1. The Morgan fingerprint density at radius 3 is 2.73 bits per heavy atom. The topological polar surface area (TPSA) is 65.9 Å². The number of carbonyl (C=O) groups is 1. The second-order valence-electron chi connectivity index (χ2n) is 8.44. The SMILES string of the molecule is CC1CN(CCC(=O)N2CCC(C(O)c3ccccn3)CC2)Cc2ccccc2O1. The predicted octanol–water partition coefficient (Wildman–Crippen LogP) is 3.03. The monoisotopic (exact) mass is 409 g/mol. The van der Waals surface area contributed by atoms with E-state index >= 15 is 0 Å². The van der Waals surface area contributed by atoms with Gasteiger partial charge in [0, 0.05) is 50.9 Å². The Morgan fingerprint density at radius 2 is 1.97 bits per heavy atom. The molecule has 2 aliphatic rings. The van der Waals surface area contributed by atoms with Crippen molar-refractivity contribution in [1.29, 1.82) is 0 Å². The van der Waals surface area contributed by atoms with Crippen LogP contribution in [0.2, 0.25) is 0 Å². The molecule has 160 valence electrons. The Bertz CT molecular complexity index is 837. The molecule has 0 aliphatic carbocycles. The zero-order valence-electron chi connectivity index (χ0n) is 17.6. The van der Waals surface area contributed by atoms with Gasteiger partial charge in [0.15, 0.2) is 0 Å². The number of nitrogens with zero attached hydrogens (tertiary/aromatic N) is 3. The third kappa shape index (κ3) is 4.99. The van der Waals surface area contributed by atoms with Crippen molar-refractivity contribution in [3.63, 3.8) is 0 Å². The van der Waals surface area contributed by atoms with E-state index in [1.54, 1.807) is 6.20 Å². The van der Waals surface area contributed by atoms with Crippen LogP contribution in [0.5, 0.6) is 5.75 Å². The van der Waals surface area contributed by atoms with Gasteiger partial charge < -0.3 is 14.7 Å². The molecule has 30 heavy (non-hydrogen) atoms. The number of hydrogen-bond donors (Lipinski definition) is 1. The summed E-state index contributed by atoms with van der Waals surface area (Å²) in [5.41, 5.74) is 1.90. The van der Waals surface area contributed by atoms with E-state index in [9.17, 15) is 9.90 Å². The van der Waals surface area contributed by atoms with Gasteiger partial charge in [-0.25, -0.2) is 0 Å². The number of ether oxygens (including phenoxy) is 1. The van der Waals surface area contributed by atoms with Gasteiger partial charge in [-0.05, 0) is 43.9 Å². The summed E-state index contributed by atoms with van der Waals surface area (Å²) in [4.78, 5) is 21.3. The Balaban J connectivity index is 1.26. The number of fused-ring (bicyclic) bond motifs is 1. The van der Waals surface area contributed by atoms with Crippen LogP contribution in [0.15, 0.2) is 48.7 Å². The second-order valence-corrected chi connectivity index (χ2v) is 8.44. The third-order valence-electron chi connectivity index (χ3n) is 6.18. The van der Waals surface area contributed by atoms with Crippen molar-refractivity contribution in [3.05, 3.63) is 59.9 Å². The van der Waals surface area contributed by atoms with Crippen molar-refractivity contribution < 1.29 is 14.6 Å². The molecule has 1 fully saturated rings. The van der Waals surface area contributed by atoms with E-state index in [0.717, 1.165) is 43.9 Å². The molecule has 0 bridgehead atoms. The number of pyridine rings is 1. The van der Waals surface area contributed by atoms with Gasteiger partial charge in [-0.3, -0.25) is 14.7 Å². The van der Waals surface area contributed by atoms with Gasteiger partial charge in [0.2, 0.25) is 5.91 Å². The number of likely N-dealkylation sites (tertiary alicyclic amines) is 1. The molecular formula is C24H31N3O3. The van der Waals surface area contributed by atoms with Crippen LogP contribution in [0, 0.1) is 5.92 Å². The predicted molar refractivity (Wildman–Crippen MR) is 115 cm³/mol. The third-order valence-corrected chi connectivity index (χ3v) is 6.18. The van der Waals surface area contributed by atoms with E-state index in [-0.39, 0.29) is 17.9 Å². The highest BCUT2D eigenvalue weighted by atomic mass is 16.5. The minimum atomic E-state index is -0.554. The molecule has 6 nitrogen and oxygen atoms in total. The van der Waals surface area contributed by atoms with Crippen molar-refractivity contribution in [1.82, 2.24) is 14.8 Å². The van der Waals surface area contributed by atoms with Crippen LogP contribution in [-0.2, 0) is 11.3 Å². The molecule has 2 aliphatic heterocycles. The molecule has 0 spiro atoms. The fourth-order valence-corrected chi connectivity index (χ4v) is 4.51. The van der Waals surface area contributed by atoms with Crippen LogP contribution < -0.4 is 4.74 Å². The summed E-state index contributed by atoms with van der Waals surface area (Å²) in [5, 5.41) is 10.6. The minimum absolute atomic E-state index is 0.104. The van der Waals surface area contributed by atoms with Crippen molar-refractivity contribution in [3.8, 4) is 5.75 Å². The number of benzene rings is 1. The first-order chi connectivity index (χ1) is 14.6. The number of hydrogen-bond acceptors (Lipinski definition) is 5. The summed E-state index contributed by atoms with van der Waals surface area (Å²) in [6, 6.07) is 13.8. The molecule has 4 rings (SSSR count). The molecule has 6 heteroatoms. The molecular weight excluding hydrogens is 378 g/mol. The molecule has 1 N–H and O–H groups in total. The van der Waals surface area contributed by atoms with Gasteiger partial charge >= 0.3 is 0 Å². The molecule has 0 saturated carbocycles. The smallest absolute Gasteiger partial charge is 0.223 e. The molecule has 1 amide bonds. The highest BCUT2D eigenvalue weighted by Crippen LogP contribution is 2.30. The maximum Gasteiger partial charge on any atom is 0.223 e. The molecule has 1 aromatic heterocycles. The van der Waals surface area contributed by atoms with Crippen molar-refractivity contribution in [2.24, 2.45) is 5.92 Å². The lowest BCUT2D eigenvalue weighted by molar-refractivity contribution is -0.133. The first-order valence-corrected chi connectivity index (χ1v) is 10.9. The van der Waals surface area contributed by atoms with Crippen LogP contribution in [0.25, 0.3) is 0 Å². The van der Waals surface area contributed by atoms with Crippen LogP contribution in [0.1, 0.15) is 43.5 Å². The minimum Gasteiger partial charge on any atom is -0.489 e. The van der Waals surface area contributed by atoms with Gasteiger partial charge in [0.1, 0.15) is 11.9 Å². The molecule has 1 saturated heterocycles. The average molecular weight is 410 g/mol. The second kappa shape index (κ2) is 9.58. The molecule has 0 radical (unpaired) electrons. The number of amides is 1. The van der Waals surface area contributed by atoms with E-state index in [0.29, 0.717) is 19.5 Å². The summed E-state index contributed by atoms with van der Waals surface area (Å²) in [6.45, 7) is 5.85. The van der Waals surface area contributed by atoms with Crippen LogP contribution in [-0.4, -0.2) is 58.1 Å². The van der Waals surface area contributed by atoms with Gasteiger partial charge in [0.25, 0.3) is 0 Å². The van der Waals surface area contributed by atoms with Gasteiger partial charge in [-0.15, -0.1) is 0 Å². The van der Waals surface area contributed by atoms with E-state index in [1.807, 2.05) is 41.3 Å². The maximum atomic E-state index is 12.8. The summed E-state index contributed by atoms with van der Waals surface area (Å²) >= 11 is 0. The Labute approximate surface area is 178 Å². The molecule has 2 aromatic rings. The Hall–Kier alpha value is -2.44. The average Bonchev–Trinajstić information content (AvgIpc) is 2.95. The summed E-state index contributed by atoms with van der Waals surface area (Å²) in [6.07, 6.45) is 3.40. The number of rotatable bonds is 5. The fraction of sp³-hybridized carbons (Fsp3) is 0.500. The standard InChI is InChI=1S/C24H31N3O3/c1-18-16-26(17-20-6-2-3-8-22(20)30-18)13-11-23(28)27-14-9-19(10-15-27)24(29)21-7-4-5-12-25-21/h2-8,12,18-19,24,29H,9-11,13-17H2,1H3. The zero-order chi connectivity index (χ0) is 20.9. The van der Waals surface area contributed by atoms with Gasteiger partial charge in [0.05, 0.1) is 11.8 Å². The van der Waals surface area contributed by atoms with E-state index in [4.69, 9.17) is 4.74 Å². The molecule has 2 atom stereocenters. The molecule has 2 unspecified atom stereocenters. The van der Waals surface area contributed by atoms with Crippen LogP contribution in [0.3, 0.4) is 0 Å². The number of piperidine rings is 1. The van der Waals surface area contributed by atoms with Crippen molar-refractivity contribution in [2.75, 3.05) is 26.2 Å². The van der Waals surface area contributed by atoms with Crippen molar-refractivity contribution in [2.45, 2.75) is 44.9 Å². The fourth-order valence-electron chi connectivity index (χ4n) is 4.51. The van der Waals surface area contributed by atoms with Crippen molar-refractivity contribution >= 4 is 5.91 Å². The lowest BCUT2D eigenvalue weighted by Crippen LogP contribution is -2.41. The van der Waals surface area contributed by atoms with E-state index < -0.39 is 6.10 Å².